The van der Waals surface area contributed by atoms with Crippen LogP contribution in [0, 0.1) is 5.41 Å². The predicted molar refractivity (Wildman–Crippen MR) is 91.7 cm³/mol. The Morgan fingerprint density at radius 2 is 1.96 bits per heavy atom. The van der Waals surface area contributed by atoms with E-state index in [0.717, 1.165) is 6.54 Å². The van der Waals surface area contributed by atoms with Gasteiger partial charge in [0.2, 0.25) is 5.91 Å². The van der Waals surface area contributed by atoms with Gasteiger partial charge in [0, 0.05) is 20.0 Å². The van der Waals surface area contributed by atoms with Gasteiger partial charge in [0.15, 0.2) is 6.29 Å². The van der Waals surface area contributed by atoms with Crippen LogP contribution >= 0.6 is 0 Å². The molecule has 0 atom stereocenters. The molecule has 0 spiro atoms. The molecule has 0 aromatic rings. The number of carbonyl (C=O) groups excluding carboxylic acids is 2. The molecular formula is C16H32N4O3. The van der Waals surface area contributed by atoms with Gasteiger partial charge in [-0.3, -0.25) is 14.5 Å². The molecule has 0 bridgehead atoms. The van der Waals surface area contributed by atoms with E-state index in [0.29, 0.717) is 31.7 Å². The third-order valence-corrected chi connectivity index (χ3v) is 3.41. The molecule has 0 rings (SSSR count). The first-order valence-electron chi connectivity index (χ1n) is 7.86. The van der Waals surface area contributed by atoms with E-state index in [1.54, 1.807) is 7.05 Å². The molecule has 0 aliphatic rings. The fourth-order valence-electron chi connectivity index (χ4n) is 2.03. The van der Waals surface area contributed by atoms with Gasteiger partial charge in [0.25, 0.3) is 0 Å². The van der Waals surface area contributed by atoms with Gasteiger partial charge in [-0.2, -0.15) is 0 Å². The molecule has 0 aromatic heterocycles. The van der Waals surface area contributed by atoms with Gasteiger partial charge >= 0.3 is 0 Å². The van der Waals surface area contributed by atoms with Crippen LogP contribution in [0.5, 0.6) is 0 Å². The zero-order valence-corrected chi connectivity index (χ0v) is 15.3. The fraction of sp³-hybridized carbons (Fsp3) is 0.750. The van der Waals surface area contributed by atoms with Crippen molar-refractivity contribution in [2.75, 3.05) is 47.6 Å². The Balaban J connectivity index is 4.72. The van der Waals surface area contributed by atoms with Crippen molar-refractivity contribution >= 4 is 12.2 Å². The topological polar surface area (TPSA) is 82.7 Å². The first kappa shape index (κ1) is 21.6. The van der Waals surface area contributed by atoms with Crippen LogP contribution < -0.4 is 16.0 Å². The van der Waals surface area contributed by atoms with Crippen molar-refractivity contribution in [1.82, 2.24) is 20.9 Å². The number of rotatable bonds is 12. The van der Waals surface area contributed by atoms with Gasteiger partial charge in [-0.15, -0.1) is 0 Å². The van der Waals surface area contributed by atoms with Crippen molar-refractivity contribution in [3.05, 3.63) is 11.4 Å². The van der Waals surface area contributed by atoms with Crippen LogP contribution in [-0.2, 0) is 14.3 Å². The highest BCUT2D eigenvalue weighted by Crippen LogP contribution is 2.18. The van der Waals surface area contributed by atoms with Gasteiger partial charge in [0.1, 0.15) is 5.70 Å². The summed E-state index contributed by atoms with van der Waals surface area (Å²) < 4.78 is 5.53. The van der Waals surface area contributed by atoms with Crippen LogP contribution in [0.2, 0.25) is 0 Å². The van der Waals surface area contributed by atoms with E-state index in [1.165, 1.54) is 0 Å². The zero-order chi connectivity index (χ0) is 17.9. The molecule has 0 aromatic carbocycles. The van der Waals surface area contributed by atoms with E-state index in [1.807, 2.05) is 39.8 Å². The average Bonchev–Trinajstić information content (AvgIpc) is 2.48. The number of nitrogens with zero attached hydrogens (tertiary/aromatic N) is 1. The van der Waals surface area contributed by atoms with Gasteiger partial charge in [-0.25, -0.2) is 0 Å². The second-order valence-corrected chi connectivity index (χ2v) is 6.33. The molecule has 0 unspecified atom stereocenters. The lowest BCUT2D eigenvalue weighted by Crippen LogP contribution is -2.35. The maximum atomic E-state index is 12.1. The number of carbonyl (C=O) groups is 2. The zero-order valence-electron chi connectivity index (χ0n) is 15.3. The third kappa shape index (κ3) is 9.32. The molecule has 0 radical (unpaired) electrons. The van der Waals surface area contributed by atoms with E-state index in [9.17, 15) is 9.59 Å². The second kappa shape index (κ2) is 11.2. The summed E-state index contributed by atoms with van der Waals surface area (Å²) in [6.07, 6.45) is 0.962. The number of aldehydes is 1. The smallest absolute Gasteiger partial charge is 0.225 e. The summed E-state index contributed by atoms with van der Waals surface area (Å²) in [5, 5.41) is 8.65. The van der Waals surface area contributed by atoms with E-state index in [2.05, 4.69) is 16.0 Å². The van der Waals surface area contributed by atoms with Crippen LogP contribution in [-0.4, -0.2) is 64.7 Å². The summed E-state index contributed by atoms with van der Waals surface area (Å²) in [4.78, 5) is 25.4. The maximum absolute atomic E-state index is 12.1. The van der Waals surface area contributed by atoms with Crippen LogP contribution in [0.1, 0.15) is 27.2 Å². The molecule has 0 aliphatic carbocycles. The largest absolute Gasteiger partial charge is 0.388 e. The normalized spacial score (nSPS) is 12.8. The summed E-state index contributed by atoms with van der Waals surface area (Å²) in [7, 11) is 5.48. The monoisotopic (exact) mass is 328 g/mol. The van der Waals surface area contributed by atoms with E-state index in [4.69, 9.17) is 4.74 Å². The summed E-state index contributed by atoms with van der Waals surface area (Å²) in [5.41, 5.74) is 0.591. The number of amides is 1. The third-order valence-electron chi connectivity index (χ3n) is 3.41. The van der Waals surface area contributed by atoms with E-state index < -0.39 is 0 Å². The number of allylic oxidation sites excluding steroid dienone is 1. The molecule has 0 heterocycles. The summed E-state index contributed by atoms with van der Waals surface area (Å²) >= 11 is 0. The summed E-state index contributed by atoms with van der Waals surface area (Å²) in [5.74, 6) is -0.189. The molecule has 134 valence electrons. The minimum absolute atomic E-state index is 0.188. The lowest BCUT2D eigenvalue weighted by molar-refractivity contribution is -0.123. The standard InChI is InChI=1S/C16H32N4O3/c1-7-20(6)12-23-10-14(18-5)13(9-21)19-15(22)8-16(2,3)11-17-4/h9,17-18H,7-8,10-12H2,1-6H3,(H,19,22)/b14-13+. The van der Waals surface area contributed by atoms with Crippen LogP contribution in [0.3, 0.4) is 0 Å². The molecule has 3 N–H and O–H groups in total. The number of nitrogens with one attached hydrogen (secondary N) is 3. The minimum Gasteiger partial charge on any atom is -0.388 e. The summed E-state index contributed by atoms with van der Waals surface area (Å²) in [6, 6.07) is 0. The van der Waals surface area contributed by atoms with Crippen molar-refractivity contribution in [3.8, 4) is 0 Å². The second-order valence-electron chi connectivity index (χ2n) is 6.33. The Hall–Kier alpha value is -1.44. The minimum atomic E-state index is -0.189. The first-order chi connectivity index (χ1) is 10.8. The van der Waals surface area contributed by atoms with Gasteiger partial charge < -0.3 is 20.7 Å². The highest BCUT2D eigenvalue weighted by atomic mass is 16.5. The Morgan fingerprint density at radius 3 is 2.43 bits per heavy atom. The average molecular weight is 328 g/mol. The highest BCUT2D eigenvalue weighted by Gasteiger charge is 2.22. The highest BCUT2D eigenvalue weighted by molar-refractivity contribution is 5.86. The number of ether oxygens (including phenoxy) is 1. The number of likely N-dealkylation sites (N-methyl/N-ethyl adjacent to an activating group) is 1. The Kier molecular flexibility index (Phi) is 10.5. The number of hydrogen-bond donors (Lipinski definition) is 3. The molecule has 0 saturated carbocycles. The van der Waals surface area contributed by atoms with Crippen molar-refractivity contribution < 1.29 is 14.3 Å². The van der Waals surface area contributed by atoms with Crippen molar-refractivity contribution in [2.24, 2.45) is 5.41 Å². The molecule has 0 saturated heterocycles. The van der Waals surface area contributed by atoms with Crippen molar-refractivity contribution in [2.45, 2.75) is 27.2 Å². The number of hydrogen-bond acceptors (Lipinski definition) is 6. The van der Waals surface area contributed by atoms with Gasteiger partial charge in [-0.1, -0.05) is 20.8 Å². The Bertz CT molecular complexity index is 408. The molecule has 7 heteroatoms. The molecule has 1 amide bonds. The summed E-state index contributed by atoms with van der Waals surface area (Å²) in [6.45, 7) is 8.29. The lowest BCUT2D eigenvalue weighted by atomic mass is 9.89. The van der Waals surface area contributed by atoms with Gasteiger partial charge in [0.05, 0.1) is 19.0 Å². The maximum Gasteiger partial charge on any atom is 0.225 e. The Labute approximate surface area is 139 Å². The SMILES string of the molecule is CCN(C)COC/C(NC)=C(/C=O)NC(=O)CC(C)(C)CNC. The van der Waals surface area contributed by atoms with E-state index >= 15 is 0 Å². The van der Waals surface area contributed by atoms with Crippen LogP contribution in [0.15, 0.2) is 11.4 Å². The molecule has 7 nitrogen and oxygen atoms in total. The van der Waals surface area contributed by atoms with Crippen LogP contribution in [0.25, 0.3) is 0 Å². The molecule has 0 aliphatic heterocycles. The Morgan fingerprint density at radius 1 is 1.30 bits per heavy atom. The molecular weight excluding hydrogens is 296 g/mol. The predicted octanol–water partition coefficient (Wildman–Crippen LogP) is 0.294. The van der Waals surface area contributed by atoms with Crippen LogP contribution in [0.4, 0.5) is 0 Å². The van der Waals surface area contributed by atoms with Crippen molar-refractivity contribution in [3.63, 3.8) is 0 Å². The van der Waals surface area contributed by atoms with Crippen molar-refractivity contribution in [1.29, 1.82) is 0 Å². The quantitative estimate of drug-likeness (QED) is 0.271. The molecule has 0 fully saturated rings. The molecule has 23 heavy (non-hydrogen) atoms. The lowest BCUT2D eigenvalue weighted by Gasteiger charge is -2.23. The fourth-order valence-corrected chi connectivity index (χ4v) is 2.03. The first-order valence-corrected chi connectivity index (χ1v) is 7.86. The van der Waals surface area contributed by atoms with E-state index in [-0.39, 0.29) is 23.6 Å². The van der Waals surface area contributed by atoms with Gasteiger partial charge in [-0.05, 0) is 26.1 Å².